The van der Waals surface area contributed by atoms with Crippen LogP contribution in [0.3, 0.4) is 0 Å². The van der Waals surface area contributed by atoms with Gasteiger partial charge >= 0.3 is 0 Å². The maximum Gasteiger partial charge on any atom is 0.251 e. The van der Waals surface area contributed by atoms with Crippen LogP contribution >= 0.6 is 11.8 Å². The molecular formula is C16H20N2O2S. The zero-order chi connectivity index (χ0) is 15.1. The molecule has 1 aromatic heterocycles. The van der Waals surface area contributed by atoms with Crippen LogP contribution in [0.25, 0.3) is 0 Å². The van der Waals surface area contributed by atoms with E-state index in [-0.39, 0.29) is 5.91 Å². The van der Waals surface area contributed by atoms with E-state index in [2.05, 4.69) is 16.9 Å². The summed E-state index contributed by atoms with van der Waals surface area (Å²) in [5, 5.41) is 5.94. The Balaban J connectivity index is 1.81. The molecule has 0 bridgehead atoms. The first-order valence-electron chi connectivity index (χ1n) is 6.81. The van der Waals surface area contributed by atoms with Gasteiger partial charge in [-0.1, -0.05) is 12.1 Å². The van der Waals surface area contributed by atoms with Crippen molar-refractivity contribution >= 4 is 17.7 Å². The molecule has 5 heteroatoms. The van der Waals surface area contributed by atoms with Gasteiger partial charge in [0.2, 0.25) is 0 Å². The van der Waals surface area contributed by atoms with Gasteiger partial charge in [0.25, 0.3) is 5.91 Å². The second-order valence-corrected chi connectivity index (χ2v) is 5.55. The predicted molar refractivity (Wildman–Crippen MR) is 86.3 cm³/mol. The fraction of sp³-hybridized carbons (Fsp3) is 0.312. The Labute approximate surface area is 129 Å². The van der Waals surface area contributed by atoms with E-state index in [9.17, 15) is 4.79 Å². The Morgan fingerprint density at radius 2 is 1.81 bits per heavy atom. The van der Waals surface area contributed by atoms with Gasteiger partial charge < -0.3 is 15.1 Å². The lowest BCUT2D eigenvalue weighted by molar-refractivity contribution is 0.0963. The molecule has 0 aliphatic rings. The summed E-state index contributed by atoms with van der Waals surface area (Å²) in [7, 11) is 1.63. The van der Waals surface area contributed by atoms with Crippen molar-refractivity contribution in [2.45, 2.75) is 18.8 Å². The van der Waals surface area contributed by atoms with E-state index < -0.39 is 0 Å². The number of benzene rings is 1. The minimum Gasteiger partial charge on any atom is -0.464 e. The molecule has 0 aliphatic carbocycles. The van der Waals surface area contributed by atoms with E-state index in [1.54, 1.807) is 18.8 Å². The molecule has 112 valence electrons. The highest BCUT2D eigenvalue weighted by Crippen LogP contribution is 2.13. The van der Waals surface area contributed by atoms with Gasteiger partial charge in [0.15, 0.2) is 0 Å². The number of amides is 1. The molecule has 0 saturated carbocycles. The van der Waals surface area contributed by atoms with E-state index in [1.807, 2.05) is 36.4 Å². The van der Waals surface area contributed by atoms with Gasteiger partial charge in [-0.05, 0) is 36.1 Å². The van der Waals surface area contributed by atoms with Gasteiger partial charge in [-0.3, -0.25) is 4.79 Å². The average Bonchev–Trinajstić information content (AvgIpc) is 2.95. The number of rotatable bonds is 7. The molecule has 1 heterocycles. The van der Waals surface area contributed by atoms with Gasteiger partial charge in [0.05, 0.1) is 12.3 Å². The summed E-state index contributed by atoms with van der Waals surface area (Å²) in [5.41, 5.74) is 1.81. The second kappa shape index (κ2) is 7.90. The Kier molecular flexibility index (Phi) is 5.90. The Morgan fingerprint density at radius 3 is 2.48 bits per heavy atom. The number of nitrogens with one attached hydrogen (secondary N) is 2. The first kappa shape index (κ1) is 15.7. The van der Waals surface area contributed by atoms with Gasteiger partial charge in [0, 0.05) is 19.2 Å². The van der Waals surface area contributed by atoms with Crippen molar-refractivity contribution < 1.29 is 9.21 Å². The first-order chi connectivity index (χ1) is 10.2. The molecule has 0 saturated heterocycles. The first-order valence-corrected chi connectivity index (χ1v) is 8.20. The zero-order valence-corrected chi connectivity index (χ0v) is 13.1. The van der Waals surface area contributed by atoms with E-state index in [1.165, 1.54) is 0 Å². The number of hydrogen-bond acceptors (Lipinski definition) is 4. The lowest BCUT2D eigenvalue weighted by Crippen LogP contribution is -2.18. The monoisotopic (exact) mass is 304 g/mol. The average molecular weight is 304 g/mol. The van der Waals surface area contributed by atoms with E-state index in [4.69, 9.17) is 4.42 Å². The normalized spacial score (nSPS) is 10.6. The van der Waals surface area contributed by atoms with Crippen molar-refractivity contribution in [3.05, 3.63) is 59.0 Å². The predicted octanol–water partition coefficient (Wildman–Crippen LogP) is 2.79. The molecule has 2 N–H and O–H groups in total. The van der Waals surface area contributed by atoms with E-state index in [0.29, 0.717) is 12.1 Å². The lowest BCUT2D eigenvalue weighted by atomic mass is 10.1. The highest BCUT2D eigenvalue weighted by Gasteiger charge is 2.03. The fourth-order valence-electron chi connectivity index (χ4n) is 1.99. The molecule has 0 spiro atoms. The Morgan fingerprint density at radius 1 is 1.10 bits per heavy atom. The molecule has 0 atom stereocenters. The highest BCUT2D eigenvalue weighted by molar-refractivity contribution is 7.97. The molecule has 0 radical (unpaired) electrons. The summed E-state index contributed by atoms with van der Waals surface area (Å²) >= 11 is 1.75. The standard InChI is InChI=1S/C16H20N2O2S/c1-17-16(19)13-5-3-12(4-6-13)9-18-10-14-7-8-15(20-14)11-21-2/h3-8,18H,9-11H2,1-2H3,(H,17,19). The third-order valence-electron chi connectivity index (χ3n) is 3.08. The molecule has 4 nitrogen and oxygen atoms in total. The maximum absolute atomic E-state index is 11.4. The maximum atomic E-state index is 11.4. The number of carbonyl (C=O) groups excluding carboxylic acids is 1. The molecule has 0 aliphatic heterocycles. The molecule has 0 fully saturated rings. The van der Waals surface area contributed by atoms with Crippen LogP contribution in [0.1, 0.15) is 27.4 Å². The fourth-order valence-corrected chi connectivity index (χ4v) is 2.43. The summed E-state index contributed by atoms with van der Waals surface area (Å²) in [4.78, 5) is 11.4. The molecule has 0 unspecified atom stereocenters. The third-order valence-corrected chi connectivity index (χ3v) is 3.65. The number of furan rings is 1. The Hall–Kier alpha value is -1.72. The lowest BCUT2D eigenvalue weighted by Gasteiger charge is -2.05. The van der Waals surface area contributed by atoms with Crippen molar-refractivity contribution in [3.8, 4) is 0 Å². The minimum absolute atomic E-state index is 0.0635. The van der Waals surface area contributed by atoms with Crippen molar-refractivity contribution in [2.24, 2.45) is 0 Å². The van der Waals surface area contributed by atoms with Crippen LogP contribution in [-0.2, 0) is 18.8 Å². The molecule has 2 rings (SSSR count). The SMILES string of the molecule is CNC(=O)c1ccc(CNCc2ccc(CSC)o2)cc1. The van der Waals surface area contributed by atoms with Crippen LogP contribution in [0.4, 0.5) is 0 Å². The largest absolute Gasteiger partial charge is 0.464 e. The smallest absolute Gasteiger partial charge is 0.251 e. The van der Waals surface area contributed by atoms with Crippen molar-refractivity contribution in [2.75, 3.05) is 13.3 Å². The quantitative estimate of drug-likeness (QED) is 0.826. The van der Waals surface area contributed by atoms with Crippen LogP contribution in [0.2, 0.25) is 0 Å². The number of carbonyl (C=O) groups is 1. The van der Waals surface area contributed by atoms with Crippen LogP contribution in [0.15, 0.2) is 40.8 Å². The molecule has 21 heavy (non-hydrogen) atoms. The topological polar surface area (TPSA) is 54.3 Å². The zero-order valence-electron chi connectivity index (χ0n) is 12.3. The van der Waals surface area contributed by atoms with Crippen LogP contribution in [0, 0.1) is 0 Å². The molecule has 1 amide bonds. The van der Waals surface area contributed by atoms with E-state index in [0.717, 1.165) is 29.4 Å². The third kappa shape index (κ3) is 4.65. The van der Waals surface area contributed by atoms with Crippen molar-refractivity contribution in [1.29, 1.82) is 0 Å². The van der Waals surface area contributed by atoms with Crippen LogP contribution < -0.4 is 10.6 Å². The van der Waals surface area contributed by atoms with Crippen LogP contribution in [-0.4, -0.2) is 19.2 Å². The summed E-state index contributed by atoms with van der Waals surface area (Å²) in [6.07, 6.45) is 2.06. The van der Waals surface area contributed by atoms with Gasteiger partial charge in [-0.15, -0.1) is 0 Å². The summed E-state index contributed by atoms with van der Waals surface area (Å²) < 4.78 is 5.69. The highest BCUT2D eigenvalue weighted by atomic mass is 32.2. The van der Waals surface area contributed by atoms with Crippen LogP contribution in [0.5, 0.6) is 0 Å². The molecule has 1 aromatic carbocycles. The Bertz CT molecular complexity index is 578. The molecule has 2 aromatic rings. The number of thioether (sulfide) groups is 1. The second-order valence-electron chi connectivity index (χ2n) is 4.68. The summed E-state index contributed by atoms with van der Waals surface area (Å²) in [6.45, 7) is 1.44. The van der Waals surface area contributed by atoms with Crippen molar-refractivity contribution in [3.63, 3.8) is 0 Å². The molecular weight excluding hydrogens is 284 g/mol. The number of hydrogen-bond donors (Lipinski definition) is 2. The summed E-state index contributed by atoms with van der Waals surface area (Å²) in [6, 6.07) is 11.6. The minimum atomic E-state index is -0.0635. The van der Waals surface area contributed by atoms with Gasteiger partial charge in [-0.2, -0.15) is 11.8 Å². The van der Waals surface area contributed by atoms with Gasteiger partial charge in [-0.25, -0.2) is 0 Å². The summed E-state index contributed by atoms with van der Waals surface area (Å²) in [5.74, 6) is 2.79. The van der Waals surface area contributed by atoms with Crippen molar-refractivity contribution in [1.82, 2.24) is 10.6 Å². The van der Waals surface area contributed by atoms with E-state index >= 15 is 0 Å². The van der Waals surface area contributed by atoms with Gasteiger partial charge in [0.1, 0.15) is 11.5 Å².